The minimum absolute atomic E-state index is 0.197. The molecule has 5 heteroatoms. The van der Waals surface area contributed by atoms with Crippen molar-refractivity contribution in [3.63, 3.8) is 0 Å². The lowest BCUT2D eigenvalue weighted by molar-refractivity contribution is -0.385. The van der Waals surface area contributed by atoms with Crippen molar-refractivity contribution in [1.82, 2.24) is 0 Å². The number of nitro groups is 1. The van der Waals surface area contributed by atoms with E-state index in [4.69, 9.17) is 5.26 Å². The third-order valence-electron chi connectivity index (χ3n) is 1.75. The molecule has 1 aromatic rings. The van der Waals surface area contributed by atoms with Crippen LogP contribution in [-0.4, -0.2) is 10.0 Å². The fourth-order valence-electron chi connectivity index (χ4n) is 1.07. The number of hydrogen-bond acceptors (Lipinski definition) is 4. The molecule has 0 aliphatic heterocycles. The molecule has 0 bridgehead atoms. The molecule has 0 aromatic heterocycles. The van der Waals surface area contributed by atoms with Gasteiger partial charge in [0, 0.05) is 11.6 Å². The topological polar surface area (TPSA) is 87.2 Å². The molecule has 0 saturated carbocycles. The first kappa shape index (κ1) is 10.7. The molecule has 0 saturated heterocycles. The van der Waals surface area contributed by atoms with Crippen LogP contribution >= 0.6 is 0 Å². The second-order valence-corrected chi connectivity index (χ2v) is 2.74. The number of phenolic OH excluding ortho intramolecular Hbond substituents is 1. The van der Waals surface area contributed by atoms with Gasteiger partial charge in [-0.25, -0.2) is 0 Å². The van der Waals surface area contributed by atoms with Gasteiger partial charge in [0.1, 0.15) is 0 Å². The number of hydrogen-bond donors (Lipinski definition) is 1. The van der Waals surface area contributed by atoms with Crippen LogP contribution in [-0.2, 0) is 0 Å². The van der Waals surface area contributed by atoms with Crippen LogP contribution < -0.4 is 0 Å². The number of para-hydroxylation sites is 1. The summed E-state index contributed by atoms with van der Waals surface area (Å²) in [7, 11) is 0. The van der Waals surface area contributed by atoms with E-state index in [1.54, 1.807) is 0 Å². The average Bonchev–Trinajstić information content (AvgIpc) is 2.20. The van der Waals surface area contributed by atoms with E-state index >= 15 is 0 Å². The quantitative estimate of drug-likeness (QED) is 0.604. The van der Waals surface area contributed by atoms with Crippen molar-refractivity contribution in [3.8, 4) is 11.8 Å². The summed E-state index contributed by atoms with van der Waals surface area (Å²) in [5.41, 5.74) is -0.00597. The van der Waals surface area contributed by atoms with E-state index in [9.17, 15) is 15.2 Å². The summed E-state index contributed by atoms with van der Waals surface area (Å²) in [5, 5.41) is 28.2. The monoisotopic (exact) mass is 204 g/mol. The molecule has 0 atom stereocenters. The van der Waals surface area contributed by atoms with Crippen molar-refractivity contribution >= 4 is 11.8 Å². The second-order valence-electron chi connectivity index (χ2n) is 2.74. The van der Waals surface area contributed by atoms with Crippen molar-refractivity contribution in [3.05, 3.63) is 40.0 Å². The largest absolute Gasteiger partial charge is 0.502 e. The van der Waals surface area contributed by atoms with Crippen LogP contribution in [0.15, 0.2) is 24.3 Å². The zero-order valence-corrected chi connectivity index (χ0v) is 7.75. The molecule has 1 aromatic carbocycles. The Hall–Kier alpha value is -2.35. The van der Waals surface area contributed by atoms with Crippen LogP contribution in [0.1, 0.15) is 12.0 Å². The van der Waals surface area contributed by atoms with E-state index in [-0.39, 0.29) is 17.9 Å². The number of nitrogens with zero attached hydrogens (tertiary/aromatic N) is 2. The highest BCUT2D eigenvalue weighted by Crippen LogP contribution is 2.29. The maximum Gasteiger partial charge on any atom is 0.311 e. The zero-order valence-electron chi connectivity index (χ0n) is 7.75. The minimum Gasteiger partial charge on any atom is -0.502 e. The summed E-state index contributed by atoms with van der Waals surface area (Å²) in [5.74, 6) is -0.378. The first-order valence-electron chi connectivity index (χ1n) is 4.16. The minimum atomic E-state index is -0.656. The number of rotatable bonds is 3. The van der Waals surface area contributed by atoms with Crippen molar-refractivity contribution in [2.24, 2.45) is 0 Å². The molecule has 0 amide bonds. The van der Waals surface area contributed by atoms with E-state index in [1.807, 2.05) is 6.07 Å². The van der Waals surface area contributed by atoms with Gasteiger partial charge >= 0.3 is 5.69 Å². The average molecular weight is 204 g/mol. The zero-order chi connectivity index (χ0) is 11.3. The van der Waals surface area contributed by atoms with Gasteiger partial charge in [0.15, 0.2) is 0 Å². The molecule has 0 spiro atoms. The standard InChI is InChI=1S/C10H8N2O3/c11-7-2-1-4-8-5-3-6-9(10(8)13)12(14)15/h1,3-6,13H,2H2. The van der Waals surface area contributed by atoms with Crippen LogP contribution in [0.2, 0.25) is 0 Å². The van der Waals surface area contributed by atoms with Gasteiger partial charge in [-0.05, 0) is 0 Å². The van der Waals surface area contributed by atoms with Gasteiger partial charge < -0.3 is 5.11 Å². The fourth-order valence-corrected chi connectivity index (χ4v) is 1.07. The number of nitro benzene ring substituents is 1. The van der Waals surface area contributed by atoms with Crippen LogP contribution in [0, 0.1) is 21.4 Å². The number of phenols is 1. The van der Waals surface area contributed by atoms with E-state index < -0.39 is 4.92 Å². The molecule has 15 heavy (non-hydrogen) atoms. The summed E-state index contributed by atoms with van der Waals surface area (Å²) in [4.78, 5) is 9.82. The summed E-state index contributed by atoms with van der Waals surface area (Å²) in [6.45, 7) is 0. The molecule has 0 heterocycles. The molecule has 0 fully saturated rings. The molecule has 76 valence electrons. The smallest absolute Gasteiger partial charge is 0.311 e. The molecule has 0 aliphatic rings. The maximum atomic E-state index is 10.5. The van der Waals surface area contributed by atoms with Crippen LogP contribution in [0.3, 0.4) is 0 Å². The lowest BCUT2D eigenvalue weighted by Crippen LogP contribution is -1.89. The Morgan fingerprint density at radius 1 is 1.60 bits per heavy atom. The molecule has 0 aliphatic carbocycles. The SMILES string of the molecule is N#CCC=Cc1cccc([N+](=O)[O-])c1O. The van der Waals surface area contributed by atoms with Gasteiger partial charge in [0.05, 0.1) is 17.4 Å². The molecule has 0 unspecified atom stereocenters. The number of aromatic hydroxyl groups is 1. The maximum absolute atomic E-state index is 10.5. The Balaban J connectivity index is 3.06. The Kier molecular flexibility index (Phi) is 3.41. The first-order chi connectivity index (χ1) is 7.16. The van der Waals surface area contributed by atoms with Crippen molar-refractivity contribution < 1.29 is 10.0 Å². The van der Waals surface area contributed by atoms with Crippen LogP contribution in [0.4, 0.5) is 5.69 Å². The van der Waals surface area contributed by atoms with Crippen LogP contribution in [0.5, 0.6) is 5.75 Å². The summed E-state index contributed by atoms with van der Waals surface area (Å²) in [6.07, 6.45) is 3.20. The van der Waals surface area contributed by atoms with Gasteiger partial charge in [-0.1, -0.05) is 24.3 Å². The Labute approximate surface area is 86.0 Å². The molecular weight excluding hydrogens is 196 g/mol. The van der Waals surface area contributed by atoms with Crippen molar-refractivity contribution in [2.45, 2.75) is 6.42 Å². The van der Waals surface area contributed by atoms with Gasteiger partial charge in [-0.3, -0.25) is 10.1 Å². The van der Waals surface area contributed by atoms with Crippen molar-refractivity contribution in [1.29, 1.82) is 5.26 Å². The summed E-state index contributed by atoms with van der Waals surface area (Å²) < 4.78 is 0. The molecule has 5 nitrogen and oxygen atoms in total. The predicted octanol–water partition coefficient (Wildman–Crippen LogP) is 2.23. The van der Waals surface area contributed by atoms with E-state index in [0.29, 0.717) is 5.56 Å². The lowest BCUT2D eigenvalue weighted by Gasteiger charge is -1.98. The summed E-state index contributed by atoms with van der Waals surface area (Å²) >= 11 is 0. The first-order valence-corrected chi connectivity index (χ1v) is 4.16. The Bertz CT molecular complexity index is 446. The highest BCUT2D eigenvalue weighted by molar-refractivity contribution is 5.64. The predicted molar refractivity (Wildman–Crippen MR) is 54.0 cm³/mol. The number of allylic oxidation sites excluding steroid dienone is 1. The Morgan fingerprint density at radius 2 is 2.33 bits per heavy atom. The van der Waals surface area contributed by atoms with E-state index in [0.717, 1.165) is 0 Å². The second kappa shape index (κ2) is 4.77. The third kappa shape index (κ3) is 2.54. The van der Waals surface area contributed by atoms with Gasteiger partial charge in [-0.2, -0.15) is 5.26 Å². The Morgan fingerprint density at radius 3 is 2.93 bits per heavy atom. The van der Waals surface area contributed by atoms with Gasteiger partial charge in [0.25, 0.3) is 0 Å². The number of benzene rings is 1. The molecule has 1 rings (SSSR count). The van der Waals surface area contributed by atoms with Gasteiger partial charge in [-0.15, -0.1) is 0 Å². The van der Waals surface area contributed by atoms with E-state index in [2.05, 4.69) is 0 Å². The van der Waals surface area contributed by atoms with Crippen LogP contribution in [0.25, 0.3) is 6.08 Å². The summed E-state index contributed by atoms with van der Waals surface area (Å²) in [6, 6.07) is 6.13. The number of nitriles is 1. The molecular formula is C10H8N2O3. The van der Waals surface area contributed by atoms with E-state index in [1.165, 1.54) is 30.4 Å². The highest BCUT2D eigenvalue weighted by Gasteiger charge is 2.14. The molecule has 0 radical (unpaired) electrons. The highest BCUT2D eigenvalue weighted by atomic mass is 16.6. The third-order valence-corrected chi connectivity index (χ3v) is 1.75. The normalized spacial score (nSPS) is 10.1. The fraction of sp³-hybridized carbons (Fsp3) is 0.100. The lowest BCUT2D eigenvalue weighted by atomic mass is 10.1. The van der Waals surface area contributed by atoms with Gasteiger partial charge in [0.2, 0.25) is 5.75 Å². The van der Waals surface area contributed by atoms with Crippen molar-refractivity contribution in [2.75, 3.05) is 0 Å². The molecule has 1 N–H and O–H groups in total.